The van der Waals surface area contributed by atoms with E-state index in [4.69, 9.17) is 0 Å². The molecule has 0 aliphatic carbocycles. The number of fused-ring (bicyclic) bond motifs is 1. The largest absolute Gasteiger partial charge is 0.241 e. The van der Waals surface area contributed by atoms with Gasteiger partial charge in [0.25, 0.3) is 0 Å². The van der Waals surface area contributed by atoms with Gasteiger partial charge in [0.1, 0.15) is 6.33 Å². The number of nitrogens with zero attached hydrogens (tertiary/aromatic N) is 2. The molecule has 2 nitrogen and oxygen atoms in total. The zero-order chi connectivity index (χ0) is 14.0. The van der Waals surface area contributed by atoms with Crippen LogP contribution in [0.5, 0.6) is 0 Å². The maximum absolute atomic E-state index is 4.42. The normalized spacial score (nSPS) is 12.1. The van der Waals surface area contributed by atoms with E-state index in [-0.39, 0.29) is 0 Å². The third-order valence-corrected chi connectivity index (χ3v) is 4.16. The Balaban J connectivity index is 2.54. The Hall–Kier alpha value is -1.44. The predicted molar refractivity (Wildman–Crippen MR) is 81.4 cm³/mol. The monoisotopic (exact) mass is 256 g/mol. The molecule has 0 saturated carbocycles. The van der Waals surface area contributed by atoms with Gasteiger partial charge in [-0.1, -0.05) is 34.1 Å². The molecule has 0 aliphatic heterocycles. The number of aryl methyl sites for hydroxylation is 2. The van der Waals surface area contributed by atoms with Crippen molar-refractivity contribution >= 4 is 10.9 Å². The molecule has 1 heterocycles. The molecule has 0 spiro atoms. The number of aromatic nitrogens is 2. The first-order chi connectivity index (χ1) is 8.96. The van der Waals surface area contributed by atoms with Gasteiger partial charge in [-0.15, -0.1) is 0 Å². The lowest BCUT2D eigenvalue weighted by molar-refractivity contribution is 0.348. The van der Waals surface area contributed by atoms with Gasteiger partial charge in [0.2, 0.25) is 0 Å². The number of hydrogen-bond acceptors (Lipinski definition) is 2. The minimum atomic E-state index is 0.347. The van der Waals surface area contributed by atoms with Crippen LogP contribution in [0.2, 0.25) is 0 Å². The fourth-order valence-corrected chi connectivity index (χ4v) is 2.45. The van der Waals surface area contributed by atoms with Crippen LogP contribution in [0.3, 0.4) is 0 Å². The van der Waals surface area contributed by atoms with Crippen LogP contribution in [0.1, 0.15) is 50.9 Å². The summed E-state index contributed by atoms with van der Waals surface area (Å²) in [4.78, 5) is 8.71. The molecule has 102 valence electrons. The quantitative estimate of drug-likeness (QED) is 0.806. The number of rotatable bonds is 4. The van der Waals surface area contributed by atoms with Gasteiger partial charge in [-0.3, -0.25) is 0 Å². The number of hydrogen-bond donors (Lipinski definition) is 0. The van der Waals surface area contributed by atoms with Crippen molar-refractivity contribution < 1.29 is 0 Å². The zero-order valence-corrected chi connectivity index (χ0v) is 12.7. The van der Waals surface area contributed by atoms with E-state index < -0.39 is 0 Å². The van der Waals surface area contributed by atoms with Crippen LogP contribution < -0.4 is 0 Å². The van der Waals surface area contributed by atoms with Gasteiger partial charge in [-0.25, -0.2) is 9.97 Å². The average Bonchev–Trinajstić information content (AvgIpc) is 2.38. The maximum atomic E-state index is 4.42. The maximum Gasteiger partial charge on any atom is 0.116 e. The molecular formula is C17H24N2. The van der Waals surface area contributed by atoms with Crippen molar-refractivity contribution in [2.24, 2.45) is 5.41 Å². The van der Waals surface area contributed by atoms with Gasteiger partial charge in [-0.2, -0.15) is 0 Å². The van der Waals surface area contributed by atoms with Crippen LogP contribution in [-0.2, 0) is 12.8 Å². The van der Waals surface area contributed by atoms with Crippen LogP contribution in [0.15, 0.2) is 18.5 Å². The highest BCUT2D eigenvalue weighted by Gasteiger charge is 2.18. The van der Waals surface area contributed by atoms with E-state index in [1.807, 2.05) is 0 Å². The highest BCUT2D eigenvalue weighted by Crippen LogP contribution is 2.29. The van der Waals surface area contributed by atoms with Gasteiger partial charge in [0.15, 0.2) is 0 Å². The van der Waals surface area contributed by atoms with Crippen molar-refractivity contribution in [3.63, 3.8) is 0 Å². The summed E-state index contributed by atoms with van der Waals surface area (Å²) in [6.45, 7) is 11.2. The molecule has 1 aromatic carbocycles. The second-order valence-electron chi connectivity index (χ2n) is 6.15. The summed E-state index contributed by atoms with van der Waals surface area (Å²) < 4.78 is 0. The lowest BCUT2D eigenvalue weighted by atomic mass is 9.81. The van der Waals surface area contributed by atoms with E-state index in [0.29, 0.717) is 5.41 Å². The Morgan fingerprint density at radius 3 is 2.42 bits per heavy atom. The van der Waals surface area contributed by atoms with Crippen molar-refractivity contribution in [1.82, 2.24) is 9.97 Å². The van der Waals surface area contributed by atoms with E-state index in [1.54, 1.807) is 6.33 Å². The van der Waals surface area contributed by atoms with Gasteiger partial charge in [-0.05, 0) is 48.4 Å². The Morgan fingerprint density at radius 2 is 1.79 bits per heavy atom. The van der Waals surface area contributed by atoms with Gasteiger partial charge < -0.3 is 0 Å². The summed E-state index contributed by atoms with van der Waals surface area (Å²) in [6.07, 6.45) is 5.04. The molecule has 2 heteroatoms. The lowest BCUT2D eigenvalue weighted by Gasteiger charge is -2.24. The third kappa shape index (κ3) is 2.94. The first kappa shape index (κ1) is 14.0. The molecule has 19 heavy (non-hydrogen) atoms. The Bertz CT molecular complexity index is 585. The van der Waals surface area contributed by atoms with Crippen molar-refractivity contribution in [2.45, 2.75) is 53.9 Å². The molecule has 0 saturated heterocycles. The molecule has 0 N–H and O–H groups in total. The fraction of sp³-hybridized carbons (Fsp3) is 0.529. The van der Waals surface area contributed by atoms with Crippen molar-refractivity contribution in [3.8, 4) is 0 Å². The molecule has 0 aliphatic rings. The molecule has 1 aromatic heterocycles. The zero-order valence-electron chi connectivity index (χ0n) is 12.7. The first-order valence-electron chi connectivity index (χ1n) is 7.20. The Kier molecular flexibility index (Phi) is 3.88. The highest BCUT2D eigenvalue weighted by molar-refractivity contribution is 5.82. The SMILES string of the molecule is CCc1cc2c(C)ncnc2cc1CC(C)(C)CC. The van der Waals surface area contributed by atoms with Crippen molar-refractivity contribution in [2.75, 3.05) is 0 Å². The summed E-state index contributed by atoms with van der Waals surface area (Å²) in [5, 5.41) is 1.19. The lowest BCUT2D eigenvalue weighted by Crippen LogP contribution is -2.14. The van der Waals surface area contributed by atoms with Crippen LogP contribution in [0.4, 0.5) is 0 Å². The van der Waals surface area contributed by atoms with Crippen LogP contribution in [-0.4, -0.2) is 9.97 Å². The van der Waals surface area contributed by atoms with Crippen molar-refractivity contribution in [1.29, 1.82) is 0 Å². The third-order valence-electron chi connectivity index (χ3n) is 4.16. The molecular weight excluding hydrogens is 232 g/mol. The van der Waals surface area contributed by atoms with E-state index in [1.165, 1.54) is 22.9 Å². The van der Waals surface area contributed by atoms with E-state index in [2.05, 4.69) is 56.7 Å². The van der Waals surface area contributed by atoms with Crippen molar-refractivity contribution in [3.05, 3.63) is 35.3 Å². The fourth-order valence-electron chi connectivity index (χ4n) is 2.45. The van der Waals surface area contributed by atoms with Crippen LogP contribution in [0.25, 0.3) is 10.9 Å². The molecule has 2 rings (SSSR count). The van der Waals surface area contributed by atoms with E-state index in [0.717, 1.165) is 24.1 Å². The molecule has 2 aromatic rings. The Morgan fingerprint density at radius 1 is 1.05 bits per heavy atom. The molecule has 0 atom stereocenters. The minimum Gasteiger partial charge on any atom is -0.241 e. The number of benzene rings is 1. The summed E-state index contributed by atoms with van der Waals surface area (Å²) in [7, 11) is 0. The predicted octanol–water partition coefficient (Wildman–Crippen LogP) is 4.48. The minimum absolute atomic E-state index is 0.347. The van der Waals surface area contributed by atoms with E-state index in [9.17, 15) is 0 Å². The molecule has 0 amide bonds. The molecule has 0 fully saturated rings. The highest BCUT2D eigenvalue weighted by atomic mass is 14.8. The second kappa shape index (κ2) is 5.28. The molecule has 0 bridgehead atoms. The molecule has 0 radical (unpaired) electrons. The first-order valence-corrected chi connectivity index (χ1v) is 7.20. The van der Waals surface area contributed by atoms with Gasteiger partial charge >= 0.3 is 0 Å². The topological polar surface area (TPSA) is 25.8 Å². The second-order valence-corrected chi connectivity index (χ2v) is 6.15. The van der Waals surface area contributed by atoms with Gasteiger partial charge in [0.05, 0.1) is 5.52 Å². The smallest absolute Gasteiger partial charge is 0.116 e. The summed E-state index contributed by atoms with van der Waals surface area (Å²) in [6, 6.07) is 4.55. The van der Waals surface area contributed by atoms with Crippen LogP contribution >= 0.6 is 0 Å². The van der Waals surface area contributed by atoms with E-state index >= 15 is 0 Å². The Labute approximate surface area is 116 Å². The standard InChI is InChI=1S/C17H24N2/c1-6-13-8-15-12(3)18-11-19-16(15)9-14(13)10-17(4,5)7-2/h8-9,11H,6-7,10H2,1-5H3. The molecule has 0 unspecified atom stereocenters. The van der Waals surface area contributed by atoms with Gasteiger partial charge in [0, 0.05) is 11.1 Å². The average molecular weight is 256 g/mol. The summed E-state index contributed by atoms with van der Waals surface area (Å²) >= 11 is 0. The van der Waals surface area contributed by atoms with Crippen LogP contribution in [0, 0.1) is 12.3 Å². The summed E-state index contributed by atoms with van der Waals surface area (Å²) in [5.74, 6) is 0. The summed E-state index contributed by atoms with van der Waals surface area (Å²) in [5.41, 5.74) is 5.37.